The summed E-state index contributed by atoms with van der Waals surface area (Å²) in [4.78, 5) is 0. The van der Waals surface area contributed by atoms with Gasteiger partial charge in [-0.1, -0.05) is 79.4 Å². The highest BCUT2D eigenvalue weighted by atomic mass is 19.0. The third-order valence-electron chi connectivity index (χ3n) is 4.58. The summed E-state index contributed by atoms with van der Waals surface area (Å²) >= 11 is 0. The van der Waals surface area contributed by atoms with Crippen LogP contribution in [0.25, 0.3) is 0 Å². The van der Waals surface area contributed by atoms with Gasteiger partial charge in [-0.3, -0.25) is 4.70 Å². The molecule has 3 rings (SSSR count). The van der Waals surface area contributed by atoms with Crippen LogP contribution < -0.4 is 0 Å². The molecule has 0 aliphatic heterocycles. The van der Waals surface area contributed by atoms with Crippen molar-refractivity contribution in [3.63, 3.8) is 0 Å². The van der Waals surface area contributed by atoms with Crippen LogP contribution in [-0.2, 0) is 12.8 Å². The Morgan fingerprint density at radius 3 is 1.87 bits per heavy atom. The van der Waals surface area contributed by atoms with E-state index in [1.54, 1.807) is 0 Å². The molecule has 0 unspecified atom stereocenters. The minimum Gasteiger partial charge on any atom is -0.269 e. The lowest BCUT2D eigenvalue weighted by atomic mass is 9.72. The van der Waals surface area contributed by atoms with E-state index in [1.165, 1.54) is 36.8 Å². The molecule has 0 N–H and O–H groups in total. The Labute approximate surface area is 139 Å². The Hall–Kier alpha value is -2.07. The van der Waals surface area contributed by atoms with Gasteiger partial charge in [0.05, 0.1) is 0 Å². The van der Waals surface area contributed by atoms with Crippen molar-refractivity contribution in [2.45, 2.75) is 44.9 Å². The summed E-state index contributed by atoms with van der Waals surface area (Å²) in [6.45, 7) is 0. The second-order valence-electron chi connectivity index (χ2n) is 6.47. The fraction of sp³-hybridized carbons (Fsp3) is 0.364. The van der Waals surface area contributed by atoms with Crippen LogP contribution in [0.1, 0.15) is 43.2 Å². The van der Waals surface area contributed by atoms with Gasteiger partial charge in [0, 0.05) is 11.8 Å². The van der Waals surface area contributed by atoms with Gasteiger partial charge in [0.2, 0.25) is 0 Å². The molecule has 1 aliphatic rings. The molecule has 0 nitrogen and oxygen atoms in total. The van der Waals surface area contributed by atoms with Crippen molar-refractivity contribution in [2.75, 3.05) is 0 Å². The molecule has 0 bridgehead atoms. The first-order valence-electron chi connectivity index (χ1n) is 8.44. The predicted octanol–water partition coefficient (Wildman–Crippen LogP) is 5.58. The molecule has 0 atom stereocenters. The Balaban J connectivity index is 0.00000192. The monoisotopic (exact) mass is 308 g/mol. The molecular formula is C22H25F. The molecule has 1 aliphatic carbocycles. The SMILES string of the molecule is C1#CC(Cc2ccccc2)(Cc2ccccc2)CCCCC1.F. The van der Waals surface area contributed by atoms with Crippen LogP contribution in [0.4, 0.5) is 4.70 Å². The van der Waals surface area contributed by atoms with Crippen molar-refractivity contribution < 1.29 is 4.70 Å². The maximum atomic E-state index is 3.68. The Kier molecular flexibility index (Phi) is 6.41. The van der Waals surface area contributed by atoms with Gasteiger partial charge in [-0.05, 0) is 36.8 Å². The summed E-state index contributed by atoms with van der Waals surface area (Å²) < 4.78 is 0. The van der Waals surface area contributed by atoms with E-state index < -0.39 is 0 Å². The van der Waals surface area contributed by atoms with Crippen LogP contribution >= 0.6 is 0 Å². The zero-order valence-corrected chi connectivity index (χ0v) is 13.6. The van der Waals surface area contributed by atoms with Crippen LogP contribution in [0.5, 0.6) is 0 Å². The Morgan fingerprint density at radius 1 is 0.739 bits per heavy atom. The first kappa shape index (κ1) is 17.3. The lowest BCUT2D eigenvalue weighted by Gasteiger charge is -2.30. The van der Waals surface area contributed by atoms with E-state index in [-0.39, 0.29) is 10.1 Å². The van der Waals surface area contributed by atoms with E-state index >= 15 is 0 Å². The van der Waals surface area contributed by atoms with E-state index in [4.69, 9.17) is 0 Å². The predicted molar refractivity (Wildman–Crippen MR) is 96.1 cm³/mol. The fourth-order valence-corrected chi connectivity index (χ4v) is 3.47. The maximum absolute atomic E-state index is 3.68. The number of hydrogen-bond donors (Lipinski definition) is 0. The highest BCUT2D eigenvalue weighted by molar-refractivity contribution is 5.27. The topological polar surface area (TPSA) is 0 Å². The summed E-state index contributed by atoms with van der Waals surface area (Å²) in [5, 5.41) is 0. The van der Waals surface area contributed by atoms with Crippen molar-refractivity contribution in [1.82, 2.24) is 0 Å². The number of hydrogen-bond acceptors (Lipinski definition) is 0. The minimum atomic E-state index is 0. The highest BCUT2D eigenvalue weighted by Gasteiger charge is 2.28. The lowest BCUT2D eigenvalue weighted by Crippen LogP contribution is -2.26. The molecule has 0 heterocycles. The van der Waals surface area contributed by atoms with Gasteiger partial charge < -0.3 is 0 Å². The first-order chi connectivity index (χ1) is 10.9. The second kappa shape index (κ2) is 8.53. The highest BCUT2D eigenvalue weighted by Crippen LogP contribution is 2.34. The summed E-state index contributed by atoms with van der Waals surface area (Å²) in [6.07, 6.45) is 8.29. The molecule has 1 heteroatoms. The Morgan fingerprint density at radius 2 is 1.30 bits per heavy atom. The normalized spacial score (nSPS) is 16.2. The molecule has 0 spiro atoms. The van der Waals surface area contributed by atoms with E-state index in [2.05, 4.69) is 72.5 Å². The molecule has 120 valence electrons. The maximum Gasteiger partial charge on any atom is 0.0395 e. The van der Waals surface area contributed by atoms with Gasteiger partial charge in [-0.2, -0.15) is 0 Å². The molecule has 0 saturated heterocycles. The van der Waals surface area contributed by atoms with Gasteiger partial charge in [0.1, 0.15) is 0 Å². The van der Waals surface area contributed by atoms with Crippen molar-refractivity contribution in [2.24, 2.45) is 5.41 Å². The smallest absolute Gasteiger partial charge is 0.0395 e. The third kappa shape index (κ3) is 4.96. The quantitative estimate of drug-likeness (QED) is 0.647. The molecule has 23 heavy (non-hydrogen) atoms. The van der Waals surface area contributed by atoms with E-state index in [1.807, 2.05) is 0 Å². The molecule has 0 radical (unpaired) electrons. The van der Waals surface area contributed by atoms with Crippen molar-refractivity contribution in [3.05, 3.63) is 71.8 Å². The van der Waals surface area contributed by atoms with Gasteiger partial charge in [-0.25, -0.2) is 0 Å². The Bertz CT molecular complexity index is 592. The molecular weight excluding hydrogens is 283 g/mol. The van der Waals surface area contributed by atoms with Crippen LogP contribution in [0.3, 0.4) is 0 Å². The van der Waals surface area contributed by atoms with Gasteiger partial charge >= 0.3 is 0 Å². The van der Waals surface area contributed by atoms with Gasteiger partial charge in [0.25, 0.3) is 0 Å². The zero-order chi connectivity index (χ0) is 15.1. The van der Waals surface area contributed by atoms with Crippen LogP contribution in [0, 0.1) is 17.3 Å². The molecule has 0 amide bonds. The van der Waals surface area contributed by atoms with Crippen molar-refractivity contribution in [3.8, 4) is 11.8 Å². The van der Waals surface area contributed by atoms with Crippen LogP contribution in [0.15, 0.2) is 60.7 Å². The van der Waals surface area contributed by atoms with E-state index in [9.17, 15) is 0 Å². The molecule has 0 aromatic heterocycles. The average molecular weight is 308 g/mol. The molecule has 2 aromatic carbocycles. The summed E-state index contributed by atoms with van der Waals surface area (Å²) in [7, 11) is 0. The summed E-state index contributed by atoms with van der Waals surface area (Å²) in [5.74, 6) is 7.15. The minimum absolute atomic E-state index is 0. The number of benzene rings is 2. The number of rotatable bonds is 4. The third-order valence-corrected chi connectivity index (χ3v) is 4.58. The largest absolute Gasteiger partial charge is 0.269 e. The fourth-order valence-electron chi connectivity index (χ4n) is 3.47. The van der Waals surface area contributed by atoms with Gasteiger partial charge in [0.15, 0.2) is 0 Å². The van der Waals surface area contributed by atoms with E-state index in [0.29, 0.717) is 0 Å². The number of halogens is 1. The average Bonchev–Trinajstić information content (AvgIpc) is 2.53. The van der Waals surface area contributed by atoms with Crippen molar-refractivity contribution >= 4 is 0 Å². The molecule has 0 saturated carbocycles. The summed E-state index contributed by atoms with van der Waals surface area (Å²) in [6, 6.07) is 21.7. The van der Waals surface area contributed by atoms with E-state index in [0.717, 1.165) is 19.3 Å². The molecule has 0 fully saturated rings. The lowest BCUT2D eigenvalue weighted by molar-refractivity contribution is 0.342. The summed E-state index contributed by atoms with van der Waals surface area (Å²) in [5.41, 5.74) is 2.92. The van der Waals surface area contributed by atoms with Crippen LogP contribution in [0.2, 0.25) is 0 Å². The van der Waals surface area contributed by atoms with Gasteiger partial charge in [-0.15, -0.1) is 5.92 Å². The van der Waals surface area contributed by atoms with Crippen LogP contribution in [-0.4, -0.2) is 0 Å². The van der Waals surface area contributed by atoms with Crippen molar-refractivity contribution in [1.29, 1.82) is 0 Å². The zero-order valence-electron chi connectivity index (χ0n) is 13.6. The molecule has 2 aromatic rings. The first-order valence-corrected chi connectivity index (χ1v) is 8.44. The standard InChI is InChI=1S/C22H24.FH/c1-2-10-16-22(17-11-3-1,18-20-12-6-4-7-13-20)19-21-14-8-5-9-15-21;/h4-9,12-15H,1-3,10,16,18-19H2;1H. The second-order valence-corrected chi connectivity index (χ2v) is 6.47.